The maximum Gasteiger partial charge on any atom is 0.204 e. The number of phenols is 1. The number of rotatable bonds is 14. The third kappa shape index (κ3) is 6.43. The fraction of sp³-hybridized carbons (Fsp3) is 0.667. The molecule has 5 nitrogen and oxygen atoms in total. The third-order valence-corrected chi connectivity index (χ3v) is 4.60. The van der Waals surface area contributed by atoms with E-state index >= 15 is 0 Å². The second-order valence-corrected chi connectivity index (χ2v) is 6.54. The van der Waals surface area contributed by atoms with E-state index in [2.05, 4.69) is 6.92 Å². The predicted molar refractivity (Wildman–Crippen MR) is 104 cm³/mol. The van der Waals surface area contributed by atoms with Gasteiger partial charge in [-0.1, -0.05) is 58.3 Å². The van der Waals surface area contributed by atoms with Crippen molar-refractivity contribution < 1.29 is 24.1 Å². The van der Waals surface area contributed by atoms with Crippen molar-refractivity contribution in [1.29, 1.82) is 0 Å². The topological polar surface area (TPSA) is 65.0 Å². The Bertz CT molecular complexity index is 554. The summed E-state index contributed by atoms with van der Waals surface area (Å²) in [5.41, 5.74) is 0.171. The van der Waals surface area contributed by atoms with E-state index in [1.54, 1.807) is 0 Å². The molecule has 148 valence electrons. The number of methoxy groups -OCH3 is 3. The number of aromatic hydroxyl groups is 1. The van der Waals surface area contributed by atoms with Crippen LogP contribution in [0.4, 0.5) is 0 Å². The Balaban J connectivity index is 2.54. The summed E-state index contributed by atoms with van der Waals surface area (Å²) < 4.78 is 15.8. The summed E-state index contributed by atoms with van der Waals surface area (Å²) in [6, 6.07) is 1.39. The summed E-state index contributed by atoms with van der Waals surface area (Å²) >= 11 is 0. The van der Waals surface area contributed by atoms with Gasteiger partial charge in [0.1, 0.15) is 11.3 Å². The summed E-state index contributed by atoms with van der Waals surface area (Å²) in [6.07, 6.45) is 11.1. The molecule has 0 saturated carbocycles. The Morgan fingerprint density at radius 2 is 1.38 bits per heavy atom. The second-order valence-electron chi connectivity index (χ2n) is 6.54. The number of ketones is 1. The van der Waals surface area contributed by atoms with Crippen LogP contribution in [0.25, 0.3) is 0 Å². The summed E-state index contributed by atoms with van der Waals surface area (Å²) in [5, 5.41) is 10.2. The molecule has 1 aromatic carbocycles. The molecule has 0 aromatic heterocycles. The molecule has 26 heavy (non-hydrogen) atoms. The van der Waals surface area contributed by atoms with E-state index in [9.17, 15) is 9.90 Å². The van der Waals surface area contributed by atoms with Crippen LogP contribution >= 0.6 is 0 Å². The lowest BCUT2D eigenvalue weighted by Crippen LogP contribution is -2.05. The van der Waals surface area contributed by atoms with E-state index in [0.717, 1.165) is 19.3 Å². The number of Topliss-reactive ketones (excluding diaryl/α,β-unsaturated/α-hetero) is 1. The monoisotopic (exact) mass is 366 g/mol. The van der Waals surface area contributed by atoms with Crippen molar-refractivity contribution in [2.24, 2.45) is 0 Å². The van der Waals surface area contributed by atoms with Crippen molar-refractivity contribution in [3.05, 3.63) is 11.6 Å². The lowest BCUT2D eigenvalue weighted by molar-refractivity contribution is 0.0972. The zero-order valence-corrected chi connectivity index (χ0v) is 16.7. The van der Waals surface area contributed by atoms with E-state index < -0.39 is 0 Å². The van der Waals surface area contributed by atoms with Crippen LogP contribution in [0.3, 0.4) is 0 Å². The molecular weight excluding hydrogens is 332 g/mol. The quantitative estimate of drug-likeness (QED) is 0.347. The minimum absolute atomic E-state index is 0.136. The van der Waals surface area contributed by atoms with Crippen LogP contribution in [0.2, 0.25) is 0 Å². The number of carbonyl (C=O) groups excluding carboxylic acids is 1. The maximum absolute atomic E-state index is 12.6. The van der Waals surface area contributed by atoms with Gasteiger partial charge in [0.15, 0.2) is 17.3 Å². The van der Waals surface area contributed by atoms with Crippen LogP contribution in [-0.4, -0.2) is 32.2 Å². The summed E-state index contributed by atoms with van der Waals surface area (Å²) in [5.74, 6) is 0.610. The van der Waals surface area contributed by atoms with Gasteiger partial charge in [-0.3, -0.25) is 4.79 Å². The zero-order chi connectivity index (χ0) is 19.4. The van der Waals surface area contributed by atoms with Crippen molar-refractivity contribution in [3.8, 4) is 23.0 Å². The van der Waals surface area contributed by atoms with Gasteiger partial charge in [0, 0.05) is 12.5 Å². The van der Waals surface area contributed by atoms with E-state index in [1.807, 2.05) is 0 Å². The van der Waals surface area contributed by atoms with Gasteiger partial charge in [0.25, 0.3) is 0 Å². The average Bonchev–Trinajstić information content (AvgIpc) is 2.65. The van der Waals surface area contributed by atoms with Gasteiger partial charge in [0.2, 0.25) is 5.75 Å². The highest BCUT2D eigenvalue weighted by Gasteiger charge is 2.24. The van der Waals surface area contributed by atoms with E-state index in [0.29, 0.717) is 17.9 Å². The largest absolute Gasteiger partial charge is 0.507 e. The molecule has 0 spiro atoms. The Hall–Kier alpha value is -1.91. The number of phenolic OH excluding ortho intramolecular Hbond substituents is 1. The van der Waals surface area contributed by atoms with Crippen molar-refractivity contribution in [3.63, 3.8) is 0 Å². The van der Waals surface area contributed by atoms with Crippen LogP contribution in [0.1, 0.15) is 81.5 Å². The van der Waals surface area contributed by atoms with Crippen LogP contribution in [0.5, 0.6) is 23.0 Å². The number of benzene rings is 1. The molecule has 1 N–H and O–H groups in total. The molecular formula is C21H34O5. The van der Waals surface area contributed by atoms with Gasteiger partial charge in [-0.2, -0.15) is 0 Å². The summed E-state index contributed by atoms with van der Waals surface area (Å²) in [7, 11) is 4.40. The van der Waals surface area contributed by atoms with Crippen molar-refractivity contribution >= 4 is 5.78 Å². The fourth-order valence-electron chi connectivity index (χ4n) is 3.13. The highest BCUT2D eigenvalue weighted by atomic mass is 16.5. The van der Waals surface area contributed by atoms with Crippen LogP contribution in [0, 0.1) is 0 Å². The highest BCUT2D eigenvalue weighted by Crippen LogP contribution is 2.45. The molecule has 0 bridgehead atoms. The Kier molecular flexibility index (Phi) is 10.6. The van der Waals surface area contributed by atoms with Crippen LogP contribution in [-0.2, 0) is 0 Å². The normalized spacial score (nSPS) is 10.6. The Morgan fingerprint density at radius 1 is 0.846 bits per heavy atom. The van der Waals surface area contributed by atoms with E-state index in [4.69, 9.17) is 14.2 Å². The molecule has 5 heteroatoms. The van der Waals surface area contributed by atoms with Crippen molar-refractivity contribution in [2.75, 3.05) is 21.3 Å². The lowest BCUT2D eigenvalue weighted by Gasteiger charge is -2.16. The van der Waals surface area contributed by atoms with Gasteiger partial charge in [-0.15, -0.1) is 0 Å². The Morgan fingerprint density at radius 3 is 1.88 bits per heavy atom. The molecule has 1 aromatic rings. The first-order valence-corrected chi connectivity index (χ1v) is 9.65. The highest BCUT2D eigenvalue weighted by molar-refractivity contribution is 6.02. The van der Waals surface area contributed by atoms with E-state index in [-0.39, 0.29) is 22.8 Å². The Labute approximate surface area is 157 Å². The molecule has 0 heterocycles. The van der Waals surface area contributed by atoms with Gasteiger partial charge in [-0.25, -0.2) is 0 Å². The molecule has 0 aliphatic rings. The summed E-state index contributed by atoms with van der Waals surface area (Å²) in [6.45, 7) is 2.22. The SMILES string of the molecule is CCCCCCCCCCCC(=O)c1c(O)cc(OC)c(OC)c1OC. The average molecular weight is 366 g/mol. The predicted octanol–water partition coefficient (Wildman–Crippen LogP) is 5.52. The number of ether oxygens (including phenoxy) is 3. The lowest BCUT2D eigenvalue weighted by atomic mass is 10.0. The molecule has 0 fully saturated rings. The molecule has 0 aliphatic carbocycles. The van der Waals surface area contributed by atoms with Crippen LogP contribution < -0.4 is 14.2 Å². The van der Waals surface area contributed by atoms with E-state index in [1.165, 1.54) is 65.9 Å². The standard InChI is InChI=1S/C21H34O5/c1-5-6-7-8-9-10-11-12-13-14-16(22)19-17(23)15-18(24-2)20(25-3)21(19)26-4/h15,23H,5-14H2,1-4H3. The second kappa shape index (κ2) is 12.4. The molecule has 0 aliphatic heterocycles. The number of hydrogen-bond donors (Lipinski definition) is 1. The van der Waals surface area contributed by atoms with Gasteiger partial charge in [-0.05, 0) is 6.42 Å². The van der Waals surface area contributed by atoms with Crippen molar-refractivity contribution in [1.82, 2.24) is 0 Å². The van der Waals surface area contributed by atoms with Gasteiger partial charge < -0.3 is 19.3 Å². The fourth-order valence-corrected chi connectivity index (χ4v) is 3.13. The van der Waals surface area contributed by atoms with Gasteiger partial charge >= 0.3 is 0 Å². The molecule has 0 atom stereocenters. The molecule has 0 amide bonds. The minimum Gasteiger partial charge on any atom is -0.507 e. The minimum atomic E-state index is -0.138. The van der Waals surface area contributed by atoms with Crippen LogP contribution in [0.15, 0.2) is 6.07 Å². The number of unbranched alkanes of at least 4 members (excludes halogenated alkanes) is 8. The van der Waals surface area contributed by atoms with Gasteiger partial charge in [0.05, 0.1) is 21.3 Å². The summed E-state index contributed by atoms with van der Waals surface area (Å²) in [4.78, 5) is 12.6. The molecule has 0 saturated heterocycles. The molecule has 0 unspecified atom stereocenters. The van der Waals surface area contributed by atoms with Crippen molar-refractivity contribution in [2.45, 2.75) is 71.1 Å². The first-order valence-electron chi connectivity index (χ1n) is 9.65. The zero-order valence-electron chi connectivity index (χ0n) is 16.7. The number of hydrogen-bond acceptors (Lipinski definition) is 5. The smallest absolute Gasteiger partial charge is 0.204 e. The molecule has 0 radical (unpaired) electrons. The third-order valence-electron chi connectivity index (χ3n) is 4.60. The first kappa shape index (κ1) is 22.1. The maximum atomic E-state index is 12.6. The first-order chi connectivity index (χ1) is 12.6. The molecule has 1 rings (SSSR count). The number of carbonyl (C=O) groups is 1.